The van der Waals surface area contributed by atoms with Gasteiger partial charge in [-0.2, -0.15) is 0 Å². The second-order valence-corrected chi connectivity index (χ2v) is 5.27. The van der Waals surface area contributed by atoms with Crippen LogP contribution in [0.4, 0.5) is 0 Å². The van der Waals surface area contributed by atoms with Gasteiger partial charge in [-0.05, 0) is 45.2 Å². The predicted octanol–water partition coefficient (Wildman–Crippen LogP) is 1.49. The molecule has 0 aromatic rings. The maximum absolute atomic E-state index is 5.51. The molecule has 1 saturated carbocycles. The van der Waals surface area contributed by atoms with Crippen LogP contribution in [0.15, 0.2) is 0 Å². The summed E-state index contributed by atoms with van der Waals surface area (Å²) in [7, 11) is 0. The fourth-order valence-corrected chi connectivity index (χ4v) is 2.92. The molecule has 0 amide bonds. The van der Waals surface area contributed by atoms with Crippen molar-refractivity contribution in [2.45, 2.75) is 45.2 Å². The molecule has 0 bridgehead atoms. The number of hydrogen-bond donors (Lipinski definition) is 1. The summed E-state index contributed by atoms with van der Waals surface area (Å²) in [6.07, 6.45) is 4.04. The summed E-state index contributed by atoms with van der Waals surface area (Å²) < 4.78 is 5.51. The SMILES string of the molecule is CCCNCC1CCC1N1CCOCC1C. The van der Waals surface area contributed by atoms with Crippen molar-refractivity contribution in [3.63, 3.8) is 0 Å². The molecule has 1 aliphatic carbocycles. The van der Waals surface area contributed by atoms with Crippen molar-refractivity contribution in [3.8, 4) is 0 Å². The molecule has 0 aromatic carbocycles. The molecule has 0 radical (unpaired) electrons. The first-order chi connectivity index (χ1) is 7.83. The first kappa shape index (κ1) is 12.3. The summed E-state index contributed by atoms with van der Waals surface area (Å²) in [6.45, 7) is 9.89. The van der Waals surface area contributed by atoms with E-state index >= 15 is 0 Å². The Morgan fingerprint density at radius 3 is 2.88 bits per heavy atom. The van der Waals surface area contributed by atoms with Gasteiger partial charge < -0.3 is 10.1 Å². The minimum Gasteiger partial charge on any atom is -0.379 e. The highest BCUT2D eigenvalue weighted by atomic mass is 16.5. The third kappa shape index (κ3) is 2.76. The lowest BCUT2D eigenvalue weighted by Crippen LogP contribution is -2.57. The van der Waals surface area contributed by atoms with Crippen LogP contribution in [-0.2, 0) is 4.74 Å². The molecule has 2 rings (SSSR count). The van der Waals surface area contributed by atoms with E-state index < -0.39 is 0 Å². The highest BCUT2D eigenvalue weighted by Gasteiger charge is 2.37. The maximum atomic E-state index is 5.51. The first-order valence-electron chi connectivity index (χ1n) is 6.87. The van der Waals surface area contributed by atoms with Crippen LogP contribution in [0, 0.1) is 5.92 Å². The molecule has 16 heavy (non-hydrogen) atoms. The molecule has 3 heteroatoms. The monoisotopic (exact) mass is 226 g/mol. The molecule has 0 aromatic heterocycles. The van der Waals surface area contributed by atoms with Gasteiger partial charge in [-0.3, -0.25) is 4.90 Å². The first-order valence-corrected chi connectivity index (χ1v) is 6.87. The third-order valence-electron chi connectivity index (χ3n) is 4.06. The van der Waals surface area contributed by atoms with Gasteiger partial charge in [0, 0.05) is 18.6 Å². The molecular formula is C13H26N2O. The molecule has 94 valence electrons. The summed E-state index contributed by atoms with van der Waals surface area (Å²) in [5.74, 6) is 0.882. The zero-order chi connectivity index (χ0) is 11.4. The lowest BCUT2D eigenvalue weighted by atomic mass is 9.77. The van der Waals surface area contributed by atoms with Crippen LogP contribution >= 0.6 is 0 Å². The minimum absolute atomic E-state index is 0.618. The molecule has 3 unspecified atom stereocenters. The normalized spacial score (nSPS) is 36.0. The van der Waals surface area contributed by atoms with Gasteiger partial charge in [0.2, 0.25) is 0 Å². The lowest BCUT2D eigenvalue weighted by molar-refractivity contribution is -0.0588. The average molecular weight is 226 g/mol. The zero-order valence-corrected chi connectivity index (χ0v) is 10.7. The summed E-state index contributed by atoms with van der Waals surface area (Å²) >= 11 is 0. The van der Waals surface area contributed by atoms with Crippen LogP contribution in [0.3, 0.4) is 0 Å². The molecule has 3 atom stereocenters. The van der Waals surface area contributed by atoms with E-state index in [2.05, 4.69) is 24.1 Å². The minimum atomic E-state index is 0.618. The second-order valence-electron chi connectivity index (χ2n) is 5.27. The Labute approximate surface area is 99.5 Å². The molecule has 3 nitrogen and oxygen atoms in total. The molecule has 1 heterocycles. The lowest BCUT2D eigenvalue weighted by Gasteiger charge is -2.48. The highest BCUT2D eigenvalue weighted by Crippen LogP contribution is 2.33. The maximum Gasteiger partial charge on any atom is 0.0619 e. The van der Waals surface area contributed by atoms with Crippen molar-refractivity contribution in [1.82, 2.24) is 10.2 Å². The van der Waals surface area contributed by atoms with Crippen LogP contribution in [-0.4, -0.2) is 49.8 Å². The van der Waals surface area contributed by atoms with E-state index in [1.54, 1.807) is 0 Å². The van der Waals surface area contributed by atoms with Gasteiger partial charge in [0.05, 0.1) is 13.2 Å². The Morgan fingerprint density at radius 1 is 1.38 bits per heavy atom. The van der Waals surface area contributed by atoms with E-state index in [1.807, 2.05) is 0 Å². The standard InChI is InChI=1S/C13H26N2O/c1-3-6-14-9-12-4-5-13(12)15-7-8-16-10-11(15)2/h11-14H,3-10H2,1-2H3. The van der Waals surface area contributed by atoms with E-state index in [-0.39, 0.29) is 0 Å². The molecule has 1 N–H and O–H groups in total. The Morgan fingerprint density at radius 2 is 2.25 bits per heavy atom. The zero-order valence-electron chi connectivity index (χ0n) is 10.7. The summed E-state index contributed by atoms with van der Waals surface area (Å²) in [4.78, 5) is 2.67. The quantitative estimate of drug-likeness (QED) is 0.719. The number of nitrogens with one attached hydrogen (secondary N) is 1. The van der Waals surface area contributed by atoms with Crippen molar-refractivity contribution in [2.75, 3.05) is 32.8 Å². The fourth-order valence-electron chi connectivity index (χ4n) is 2.92. The van der Waals surface area contributed by atoms with E-state index in [0.717, 1.165) is 31.7 Å². The number of rotatable bonds is 5. The Balaban J connectivity index is 1.75. The van der Waals surface area contributed by atoms with Gasteiger partial charge in [0.15, 0.2) is 0 Å². The average Bonchev–Trinajstić information content (AvgIpc) is 2.26. The van der Waals surface area contributed by atoms with Gasteiger partial charge in [-0.1, -0.05) is 6.92 Å². The fraction of sp³-hybridized carbons (Fsp3) is 1.00. The van der Waals surface area contributed by atoms with Gasteiger partial charge in [-0.15, -0.1) is 0 Å². The van der Waals surface area contributed by atoms with E-state index in [1.165, 1.54) is 32.4 Å². The second kappa shape index (κ2) is 5.99. The molecular weight excluding hydrogens is 200 g/mol. The van der Waals surface area contributed by atoms with Crippen LogP contribution in [0.5, 0.6) is 0 Å². The highest BCUT2D eigenvalue weighted by molar-refractivity contribution is 4.92. The van der Waals surface area contributed by atoms with Crippen LogP contribution in [0.1, 0.15) is 33.1 Å². The smallest absolute Gasteiger partial charge is 0.0619 e. The van der Waals surface area contributed by atoms with Crippen LogP contribution in [0.25, 0.3) is 0 Å². The Bertz CT molecular complexity index is 210. The van der Waals surface area contributed by atoms with Crippen molar-refractivity contribution < 1.29 is 4.74 Å². The summed E-state index contributed by atoms with van der Waals surface area (Å²) in [5.41, 5.74) is 0. The van der Waals surface area contributed by atoms with Crippen LogP contribution < -0.4 is 5.32 Å². The molecule has 1 saturated heterocycles. The van der Waals surface area contributed by atoms with Crippen molar-refractivity contribution in [1.29, 1.82) is 0 Å². The van der Waals surface area contributed by atoms with E-state index in [4.69, 9.17) is 4.74 Å². The van der Waals surface area contributed by atoms with Crippen molar-refractivity contribution in [2.24, 2.45) is 5.92 Å². The van der Waals surface area contributed by atoms with Crippen molar-refractivity contribution in [3.05, 3.63) is 0 Å². The van der Waals surface area contributed by atoms with E-state index in [9.17, 15) is 0 Å². The number of nitrogens with zero attached hydrogens (tertiary/aromatic N) is 1. The predicted molar refractivity (Wildman–Crippen MR) is 66.7 cm³/mol. The third-order valence-corrected chi connectivity index (χ3v) is 4.06. The molecule has 2 aliphatic rings. The molecule has 2 fully saturated rings. The molecule has 0 spiro atoms. The molecule has 1 aliphatic heterocycles. The topological polar surface area (TPSA) is 24.5 Å². The largest absolute Gasteiger partial charge is 0.379 e. The Hall–Kier alpha value is -0.120. The number of morpholine rings is 1. The van der Waals surface area contributed by atoms with Gasteiger partial charge in [0.25, 0.3) is 0 Å². The Kier molecular flexibility index (Phi) is 4.62. The van der Waals surface area contributed by atoms with Gasteiger partial charge >= 0.3 is 0 Å². The van der Waals surface area contributed by atoms with Crippen LogP contribution in [0.2, 0.25) is 0 Å². The van der Waals surface area contributed by atoms with E-state index in [0.29, 0.717) is 6.04 Å². The summed E-state index contributed by atoms with van der Waals surface area (Å²) in [5, 5.41) is 3.56. The van der Waals surface area contributed by atoms with Crippen molar-refractivity contribution >= 4 is 0 Å². The number of ether oxygens (including phenoxy) is 1. The van der Waals surface area contributed by atoms with Gasteiger partial charge in [0.1, 0.15) is 0 Å². The summed E-state index contributed by atoms with van der Waals surface area (Å²) in [6, 6.07) is 1.44. The number of hydrogen-bond acceptors (Lipinski definition) is 3. The van der Waals surface area contributed by atoms with Gasteiger partial charge in [-0.25, -0.2) is 0 Å².